The predicted molar refractivity (Wildman–Crippen MR) is 74.9 cm³/mol. The number of halogens is 2. The molecular formula is C15H11ClFNO. The second-order valence-electron chi connectivity index (χ2n) is 3.86. The van der Waals surface area contributed by atoms with Crippen molar-refractivity contribution < 1.29 is 9.18 Å². The van der Waals surface area contributed by atoms with Gasteiger partial charge >= 0.3 is 0 Å². The maximum Gasteiger partial charge on any atom is 0.187 e. The second-order valence-corrected chi connectivity index (χ2v) is 4.29. The van der Waals surface area contributed by atoms with E-state index in [4.69, 9.17) is 11.6 Å². The highest BCUT2D eigenvalue weighted by Gasteiger charge is 2.00. The minimum absolute atomic E-state index is 0.193. The first-order valence-corrected chi connectivity index (χ1v) is 6.01. The highest BCUT2D eigenvalue weighted by atomic mass is 35.5. The molecule has 0 aliphatic carbocycles. The highest BCUT2D eigenvalue weighted by molar-refractivity contribution is 6.30. The van der Waals surface area contributed by atoms with E-state index in [9.17, 15) is 9.18 Å². The van der Waals surface area contributed by atoms with Gasteiger partial charge in [0.15, 0.2) is 5.78 Å². The third-order valence-electron chi connectivity index (χ3n) is 2.46. The molecule has 0 aromatic heterocycles. The summed E-state index contributed by atoms with van der Waals surface area (Å²) in [5.41, 5.74) is 1.27. The Kier molecular flexibility index (Phi) is 4.31. The summed E-state index contributed by atoms with van der Waals surface area (Å²) in [6.07, 6.45) is 2.93. The van der Waals surface area contributed by atoms with Gasteiger partial charge < -0.3 is 5.32 Å². The van der Waals surface area contributed by atoms with E-state index < -0.39 is 0 Å². The number of hydrogen-bond donors (Lipinski definition) is 1. The summed E-state index contributed by atoms with van der Waals surface area (Å²) < 4.78 is 12.7. The smallest absolute Gasteiger partial charge is 0.187 e. The quantitative estimate of drug-likeness (QED) is 0.666. The normalized spacial score (nSPS) is 10.6. The van der Waals surface area contributed by atoms with E-state index in [1.807, 2.05) is 0 Å². The SMILES string of the molecule is O=C(/C=C/Nc1ccc(Cl)cc1)c1ccc(F)cc1. The van der Waals surface area contributed by atoms with Gasteiger partial charge in [-0.3, -0.25) is 4.79 Å². The van der Waals surface area contributed by atoms with Crippen molar-refractivity contribution in [2.45, 2.75) is 0 Å². The van der Waals surface area contributed by atoms with Gasteiger partial charge in [0, 0.05) is 28.5 Å². The molecule has 2 aromatic rings. The molecule has 0 spiro atoms. The van der Waals surface area contributed by atoms with Crippen molar-refractivity contribution in [3.8, 4) is 0 Å². The van der Waals surface area contributed by atoms with E-state index in [1.54, 1.807) is 24.3 Å². The van der Waals surface area contributed by atoms with E-state index in [0.717, 1.165) is 5.69 Å². The van der Waals surface area contributed by atoms with Crippen LogP contribution in [0.3, 0.4) is 0 Å². The molecule has 0 radical (unpaired) electrons. The Hall–Kier alpha value is -2.13. The van der Waals surface area contributed by atoms with Gasteiger partial charge in [-0.2, -0.15) is 0 Å². The topological polar surface area (TPSA) is 29.1 Å². The fourth-order valence-corrected chi connectivity index (χ4v) is 1.60. The number of rotatable bonds is 4. The van der Waals surface area contributed by atoms with E-state index in [1.165, 1.54) is 36.5 Å². The summed E-state index contributed by atoms with van der Waals surface area (Å²) >= 11 is 5.76. The molecule has 2 aromatic carbocycles. The number of nitrogens with one attached hydrogen (secondary N) is 1. The van der Waals surface area contributed by atoms with Crippen LogP contribution in [0, 0.1) is 5.82 Å². The Morgan fingerprint density at radius 2 is 1.68 bits per heavy atom. The minimum Gasteiger partial charge on any atom is -0.362 e. The van der Waals surface area contributed by atoms with Crippen LogP contribution in [0.4, 0.5) is 10.1 Å². The van der Waals surface area contributed by atoms with Gasteiger partial charge in [-0.1, -0.05) is 11.6 Å². The Labute approximate surface area is 115 Å². The van der Waals surface area contributed by atoms with Gasteiger partial charge in [0.2, 0.25) is 0 Å². The standard InChI is InChI=1S/C15H11ClFNO/c16-12-3-7-14(8-4-12)18-10-9-15(19)11-1-5-13(17)6-2-11/h1-10,18H/b10-9+. The Morgan fingerprint density at radius 3 is 2.32 bits per heavy atom. The van der Waals surface area contributed by atoms with Gasteiger partial charge in [0.1, 0.15) is 5.82 Å². The Bertz CT molecular complexity index is 591. The largest absolute Gasteiger partial charge is 0.362 e. The van der Waals surface area contributed by atoms with Gasteiger partial charge in [-0.15, -0.1) is 0 Å². The molecule has 1 N–H and O–H groups in total. The van der Waals surface area contributed by atoms with Gasteiger partial charge in [-0.25, -0.2) is 4.39 Å². The van der Waals surface area contributed by atoms with Crippen LogP contribution in [0.2, 0.25) is 5.02 Å². The molecule has 4 heteroatoms. The van der Waals surface area contributed by atoms with Gasteiger partial charge in [-0.05, 0) is 48.5 Å². The molecule has 0 aliphatic rings. The summed E-state index contributed by atoms with van der Waals surface area (Å²) in [4.78, 5) is 11.7. The molecule has 19 heavy (non-hydrogen) atoms. The molecule has 0 saturated carbocycles. The van der Waals surface area contributed by atoms with Crippen LogP contribution in [0.1, 0.15) is 10.4 Å². The van der Waals surface area contributed by atoms with Crippen LogP contribution in [0.15, 0.2) is 60.8 Å². The molecule has 0 bridgehead atoms. The molecule has 0 unspecified atom stereocenters. The van der Waals surface area contributed by atoms with Crippen LogP contribution < -0.4 is 5.32 Å². The summed E-state index contributed by atoms with van der Waals surface area (Å²) in [5.74, 6) is -0.554. The average molecular weight is 276 g/mol. The van der Waals surface area contributed by atoms with Crippen LogP contribution in [0.25, 0.3) is 0 Å². The molecule has 2 nitrogen and oxygen atoms in total. The molecule has 0 amide bonds. The summed E-state index contributed by atoms with van der Waals surface area (Å²) in [6.45, 7) is 0. The number of carbonyl (C=O) groups is 1. The van der Waals surface area contributed by atoms with Crippen molar-refractivity contribution in [1.29, 1.82) is 0 Å². The van der Waals surface area contributed by atoms with Crippen LogP contribution >= 0.6 is 11.6 Å². The first-order valence-electron chi connectivity index (χ1n) is 5.64. The molecule has 0 heterocycles. The fraction of sp³-hybridized carbons (Fsp3) is 0. The van der Waals surface area contributed by atoms with Gasteiger partial charge in [0.05, 0.1) is 0 Å². The predicted octanol–water partition coefficient (Wildman–Crippen LogP) is 4.29. The maximum absolute atomic E-state index is 12.7. The minimum atomic E-state index is -0.361. The highest BCUT2D eigenvalue weighted by Crippen LogP contribution is 2.13. The van der Waals surface area contributed by atoms with Crippen molar-refractivity contribution in [3.05, 3.63) is 77.2 Å². The van der Waals surface area contributed by atoms with Crippen LogP contribution in [0.5, 0.6) is 0 Å². The zero-order valence-electron chi connectivity index (χ0n) is 9.94. The summed E-state index contributed by atoms with van der Waals surface area (Å²) in [6, 6.07) is 12.5. The molecule has 2 rings (SSSR count). The van der Waals surface area contributed by atoms with E-state index >= 15 is 0 Å². The molecule has 0 fully saturated rings. The Balaban J connectivity index is 1.97. The maximum atomic E-state index is 12.7. The van der Waals surface area contributed by atoms with E-state index in [2.05, 4.69) is 5.32 Å². The third kappa shape index (κ3) is 3.93. The molecular weight excluding hydrogens is 265 g/mol. The zero-order valence-corrected chi connectivity index (χ0v) is 10.7. The summed E-state index contributed by atoms with van der Waals surface area (Å²) in [7, 11) is 0. The lowest BCUT2D eigenvalue weighted by molar-refractivity contribution is 0.104. The van der Waals surface area contributed by atoms with E-state index in [0.29, 0.717) is 10.6 Å². The van der Waals surface area contributed by atoms with Crippen molar-refractivity contribution >= 4 is 23.1 Å². The fourth-order valence-electron chi connectivity index (χ4n) is 1.47. The van der Waals surface area contributed by atoms with Gasteiger partial charge in [0.25, 0.3) is 0 Å². The van der Waals surface area contributed by atoms with Crippen LogP contribution in [-0.4, -0.2) is 5.78 Å². The van der Waals surface area contributed by atoms with Crippen LogP contribution in [-0.2, 0) is 0 Å². The van der Waals surface area contributed by atoms with Crippen molar-refractivity contribution in [2.24, 2.45) is 0 Å². The van der Waals surface area contributed by atoms with E-state index in [-0.39, 0.29) is 11.6 Å². The lowest BCUT2D eigenvalue weighted by atomic mass is 10.1. The number of hydrogen-bond acceptors (Lipinski definition) is 2. The molecule has 0 saturated heterocycles. The zero-order chi connectivity index (χ0) is 13.7. The summed E-state index contributed by atoms with van der Waals surface area (Å²) in [5, 5.41) is 3.60. The number of allylic oxidation sites excluding steroid dienone is 1. The number of ketones is 1. The first kappa shape index (κ1) is 13.3. The van der Waals surface area contributed by atoms with Crippen molar-refractivity contribution in [1.82, 2.24) is 0 Å². The second kappa shape index (κ2) is 6.16. The van der Waals surface area contributed by atoms with Crippen molar-refractivity contribution in [3.63, 3.8) is 0 Å². The number of carbonyl (C=O) groups excluding carboxylic acids is 1. The Morgan fingerprint density at radius 1 is 1.05 bits per heavy atom. The van der Waals surface area contributed by atoms with Crippen molar-refractivity contribution in [2.75, 3.05) is 5.32 Å². The third-order valence-corrected chi connectivity index (χ3v) is 2.71. The first-order chi connectivity index (χ1) is 9.15. The monoisotopic (exact) mass is 275 g/mol. The number of benzene rings is 2. The lowest BCUT2D eigenvalue weighted by Gasteiger charge is -2.00. The molecule has 0 aliphatic heterocycles. The molecule has 0 atom stereocenters. The average Bonchev–Trinajstić information content (AvgIpc) is 2.41. The molecule has 96 valence electrons. The lowest BCUT2D eigenvalue weighted by Crippen LogP contribution is -1.96. The number of anilines is 1.